The number of aryl methyl sites for hydroxylation is 1. The Morgan fingerprint density at radius 1 is 1.04 bits per heavy atom. The van der Waals surface area contributed by atoms with Gasteiger partial charge >= 0.3 is 5.97 Å². The van der Waals surface area contributed by atoms with Crippen molar-refractivity contribution in [3.8, 4) is 0 Å². The minimum absolute atomic E-state index is 0.130. The van der Waals surface area contributed by atoms with Gasteiger partial charge in [-0.05, 0) is 48.7 Å². The molecule has 0 spiro atoms. The van der Waals surface area contributed by atoms with Crippen LogP contribution in [0.2, 0.25) is 0 Å². The van der Waals surface area contributed by atoms with E-state index < -0.39 is 27.8 Å². The average Bonchev–Trinajstić information content (AvgIpc) is 2.91. The molecular weight excluding hydrogens is 384 g/mol. The molecule has 2 aliphatic heterocycles. The first kappa shape index (κ1) is 18.2. The van der Waals surface area contributed by atoms with Gasteiger partial charge in [-0.2, -0.15) is 0 Å². The molecule has 0 aliphatic carbocycles. The summed E-state index contributed by atoms with van der Waals surface area (Å²) in [6.07, 6.45) is 2.36. The molecule has 0 unspecified atom stereocenters. The maximum absolute atomic E-state index is 12.5. The Hall–Kier alpha value is -3.20. The van der Waals surface area contributed by atoms with Gasteiger partial charge in [0.15, 0.2) is 0 Å². The van der Waals surface area contributed by atoms with Crippen molar-refractivity contribution in [2.24, 2.45) is 0 Å². The van der Waals surface area contributed by atoms with Gasteiger partial charge in [0.2, 0.25) is 10.0 Å². The second-order valence-electron chi connectivity index (χ2n) is 6.61. The van der Waals surface area contributed by atoms with E-state index in [0.717, 1.165) is 6.26 Å². The van der Waals surface area contributed by atoms with Crippen LogP contribution in [0.3, 0.4) is 0 Å². The highest BCUT2D eigenvalue weighted by Crippen LogP contribution is 2.30. The van der Waals surface area contributed by atoms with Crippen LogP contribution >= 0.6 is 0 Å². The maximum Gasteiger partial charge on any atom is 0.363 e. The number of anilines is 1. The fourth-order valence-corrected chi connectivity index (χ4v) is 4.42. The van der Waals surface area contributed by atoms with Crippen LogP contribution in [0.5, 0.6) is 0 Å². The van der Waals surface area contributed by atoms with Gasteiger partial charge in [0.1, 0.15) is 0 Å². The van der Waals surface area contributed by atoms with Crippen LogP contribution in [-0.4, -0.2) is 44.1 Å². The Morgan fingerprint density at radius 2 is 1.68 bits per heavy atom. The molecule has 2 heterocycles. The van der Waals surface area contributed by atoms with E-state index in [0.29, 0.717) is 35.7 Å². The lowest BCUT2D eigenvalue weighted by molar-refractivity contribution is -0.0584. The van der Waals surface area contributed by atoms with E-state index in [1.54, 1.807) is 12.1 Å². The van der Waals surface area contributed by atoms with Gasteiger partial charge < -0.3 is 4.84 Å². The zero-order valence-corrected chi connectivity index (χ0v) is 15.7. The number of amides is 2. The molecule has 0 saturated carbocycles. The minimum atomic E-state index is -3.42. The lowest BCUT2D eigenvalue weighted by atomic mass is 10.0. The van der Waals surface area contributed by atoms with Crippen LogP contribution in [-0.2, 0) is 21.3 Å². The number of hydrogen-bond acceptors (Lipinski definition) is 6. The summed E-state index contributed by atoms with van der Waals surface area (Å²) < 4.78 is 25.2. The summed E-state index contributed by atoms with van der Waals surface area (Å²) in [4.78, 5) is 42.2. The van der Waals surface area contributed by atoms with Crippen molar-refractivity contribution in [2.45, 2.75) is 12.8 Å². The summed E-state index contributed by atoms with van der Waals surface area (Å²) in [5.41, 5.74) is 1.69. The molecule has 0 bridgehead atoms. The number of hydrogen-bond donors (Lipinski definition) is 0. The fraction of sp³-hybridized carbons (Fsp3) is 0.211. The molecule has 144 valence electrons. The minimum Gasteiger partial charge on any atom is -0.324 e. The van der Waals surface area contributed by atoms with Crippen LogP contribution in [0.25, 0.3) is 0 Å². The zero-order valence-electron chi connectivity index (χ0n) is 14.9. The van der Waals surface area contributed by atoms with Gasteiger partial charge in [0, 0.05) is 6.54 Å². The summed E-state index contributed by atoms with van der Waals surface area (Å²) in [7, 11) is -3.42. The molecule has 0 N–H and O–H groups in total. The van der Waals surface area contributed by atoms with Crippen LogP contribution in [0.15, 0.2) is 42.5 Å². The van der Waals surface area contributed by atoms with Gasteiger partial charge in [-0.1, -0.05) is 17.2 Å². The van der Waals surface area contributed by atoms with Gasteiger partial charge in [-0.3, -0.25) is 13.9 Å². The molecule has 2 aliphatic rings. The number of carbonyl (C=O) groups excluding carboxylic acids is 3. The van der Waals surface area contributed by atoms with Crippen molar-refractivity contribution >= 4 is 33.5 Å². The third-order valence-electron chi connectivity index (χ3n) is 4.72. The van der Waals surface area contributed by atoms with Gasteiger partial charge in [-0.15, -0.1) is 0 Å². The molecule has 8 nitrogen and oxygen atoms in total. The third kappa shape index (κ3) is 2.93. The number of benzene rings is 2. The SMILES string of the molecule is CS(=O)(=O)N1CCCc2cc(C(=O)ON3C(=O)c4ccccc4C3=O)ccc21. The van der Waals surface area contributed by atoms with E-state index in [-0.39, 0.29) is 16.7 Å². The molecule has 2 aromatic carbocycles. The van der Waals surface area contributed by atoms with Crippen molar-refractivity contribution in [1.82, 2.24) is 5.06 Å². The highest BCUT2D eigenvalue weighted by Gasteiger charge is 2.39. The Kier molecular flexibility index (Phi) is 4.19. The van der Waals surface area contributed by atoms with Crippen LogP contribution < -0.4 is 4.31 Å². The first-order chi connectivity index (χ1) is 13.3. The smallest absolute Gasteiger partial charge is 0.324 e. The third-order valence-corrected chi connectivity index (χ3v) is 5.90. The molecule has 0 radical (unpaired) electrons. The number of fused-ring (bicyclic) bond motifs is 2. The highest BCUT2D eigenvalue weighted by molar-refractivity contribution is 7.92. The second kappa shape index (κ2) is 6.45. The van der Waals surface area contributed by atoms with E-state index in [1.165, 1.54) is 34.6 Å². The number of rotatable bonds is 3. The monoisotopic (exact) mass is 400 g/mol. The molecule has 2 aromatic rings. The summed E-state index contributed by atoms with van der Waals surface area (Å²) in [6, 6.07) is 10.7. The van der Waals surface area contributed by atoms with Crippen molar-refractivity contribution in [3.63, 3.8) is 0 Å². The first-order valence-electron chi connectivity index (χ1n) is 8.58. The summed E-state index contributed by atoms with van der Waals surface area (Å²) >= 11 is 0. The lowest BCUT2D eigenvalue weighted by Crippen LogP contribution is -2.35. The van der Waals surface area contributed by atoms with E-state index in [4.69, 9.17) is 4.84 Å². The number of carbonyl (C=O) groups is 3. The molecule has 0 fully saturated rings. The molecular formula is C19H16N2O6S. The molecule has 0 saturated heterocycles. The zero-order chi connectivity index (χ0) is 20.1. The first-order valence-corrected chi connectivity index (χ1v) is 10.4. The number of sulfonamides is 1. The summed E-state index contributed by atoms with van der Waals surface area (Å²) in [5, 5.41) is 0.454. The standard InChI is InChI=1S/C19H16N2O6S/c1-28(25,26)20-10-4-5-12-11-13(8-9-16(12)20)19(24)27-21-17(22)14-6-2-3-7-15(14)18(21)23/h2-3,6-9,11H,4-5,10H2,1H3. The number of imide groups is 1. The van der Waals surface area contributed by atoms with E-state index >= 15 is 0 Å². The fourth-order valence-electron chi connectivity index (χ4n) is 3.42. The average molecular weight is 400 g/mol. The summed E-state index contributed by atoms with van der Waals surface area (Å²) in [6.45, 7) is 0.380. The van der Waals surface area contributed by atoms with Crippen molar-refractivity contribution in [3.05, 3.63) is 64.7 Å². The lowest BCUT2D eigenvalue weighted by Gasteiger charge is -2.29. The van der Waals surface area contributed by atoms with E-state index in [9.17, 15) is 22.8 Å². The Bertz CT molecular complexity index is 1090. The van der Waals surface area contributed by atoms with Crippen molar-refractivity contribution in [2.75, 3.05) is 17.1 Å². The molecule has 0 atom stereocenters. The Morgan fingerprint density at radius 3 is 2.29 bits per heavy atom. The van der Waals surface area contributed by atoms with Gasteiger partial charge in [-0.25, -0.2) is 13.2 Å². The van der Waals surface area contributed by atoms with E-state index in [1.807, 2.05) is 0 Å². The van der Waals surface area contributed by atoms with Crippen LogP contribution in [0, 0.1) is 0 Å². The quantitative estimate of drug-likeness (QED) is 0.728. The van der Waals surface area contributed by atoms with Crippen LogP contribution in [0.4, 0.5) is 5.69 Å². The van der Waals surface area contributed by atoms with Crippen molar-refractivity contribution < 1.29 is 27.6 Å². The van der Waals surface area contributed by atoms with Crippen molar-refractivity contribution in [1.29, 1.82) is 0 Å². The molecule has 4 rings (SSSR count). The Labute approximate surface area is 161 Å². The second-order valence-corrected chi connectivity index (χ2v) is 8.52. The molecule has 0 aromatic heterocycles. The molecule has 2 amide bonds. The van der Waals surface area contributed by atoms with Gasteiger partial charge in [0.05, 0.1) is 28.6 Å². The van der Waals surface area contributed by atoms with Crippen LogP contribution in [0.1, 0.15) is 43.1 Å². The number of nitrogens with zero attached hydrogens (tertiary/aromatic N) is 2. The normalized spacial score (nSPS) is 16.0. The summed E-state index contributed by atoms with van der Waals surface area (Å²) in [5.74, 6) is -2.26. The van der Waals surface area contributed by atoms with Gasteiger partial charge in [0.25, 0.3) is 11.8 Å². The molecule has 28 heavy (non-hydrogen) atoms. The predicted molar refractivity (Wildman–Crippen MR) is 99.3 cm³/mol. The molecule has 9 heteroatoms. The maximum atomic E-state index is 12.5. The highest BCUT2D eigenvalue weighted by atomic mass is 32.2. The van der Waals surface area contributed by atoms with E-state index in [2.05, 4.69) is 0 Å². The Balaban J connectivity index is 1.59. The topological polar surface area (TPSA) is 101 Å². The number of hydroxylamine groups is 2. The predicted octanol–water partition coefficient (Wildman–Crippen LogP) is 1.77. The largest absolute Gasteiger partial charge is 0.363 e.